The van der Waals surface area contributed by atoms with Gasteiger partial charge in [0, 0.05) is 0 Å². The van der Waals surface area contributed by atoms with Crippen molar-refractivity contribution in [1.29, 1.82) is 0 Å². The van der Waals surface area contributed by atoms with Crippen LogP contribution in [0.25, 0.3) is 0 Å². The molecule has 0 radical (unpaired) electrons. The van der Waals surface area contributed by atoms with E-state index in [1.807, 2.05) is 26.0 Å². The summed E-state index contributed by atoms with van der Waals surface area (Å²) >= 11 is 12.0. The monoisotopic (exact) mass is 262 g/mol. The van der Waals surface area contributed by atoms with E-state index >= 15 is 0 Å². The maximum atomic E-state index is 6.10. The number of ether oxygens (including phenoxy) is 1. The Morgan fingerprint density at radius 1 is 1.38 bits per heavy atom. The topological polar surface area (TPSA) is 47.3 Å². The number of hydrazine groups is 1. The Balaban J connectivity index is 2.82. The van der Waals surface area contributed by atoms with Gasteiger partial charge in [0.25, 0.3) is 0 Å². The van der Waals surface area contributed by atoms with E-state index in [4.69, 9.17) is 33.8 Å². The largest absolute Gasteiger partial charge is 0.377 e. The maximum Gasteiger partial charge on any atom is 0.0709 e. The van der Waals surface area contributed by atoms with Crippen LogP contribution in [-0.2, 0) is 4.74 Å². The Morgan fingerprint density at radius 3 is 2.62 bits per heavy atom. The van der Waals surface area contributed by atoms with Gasteiger partial charge in [-0.25, -0.2) is 0 Å². The molecule has 1 aromatic carbocycles. The smallest absolute Gasteiger partial charge is 0.0709 e. The number of hydrogen-bond acceptors (Lipinski definition) is 3. The molecule has 3 nitrogen and oxygen atoms in total. The average Bonchev–Trinajstić information content (AvgIpc) is 2.24. The van der Waals surface area contributed by atoms with Crippen LogP contribution in [0.4, 0.5) is 0 Å². The third-order valence-corrected chi connectivity index (χ3v) is 2.99. The van der Waals surface area contributed by atoms with Gasteiger partial charge in [0.1, 0.15) is 0 Å². The molecule has 0 fully saturated rings. The van der Waals surface area contributed by atoms with Gasteiger partial charge in [-0.05, 0) is 25.5 Å². The van der Waals surface area contributed by atoms with Crippen molar-refractivity contribution in [2.24, 2.45) is 5.84 Å². The maximum absolute atomic E-state index is 6.10. The Labute approximate surface area is 106 Å². The molecular weight excluding hydrogens is 247 g/mol. The number of benzene rings is 1. The van der Waals surface area contributed by atoms with E-state index in [2.05, 4.69) is 5.43 Å². The highest BCUT2D eigenvalue weighted by atomic mass is 35.5. The van der Waals surface area contributed by atoms with Gasteiger partial charge in [0.2, 0.25) is 0 Å². The quantitative estimate of drug-likeness (QED) is 0.634. The second kappa shape index (κ2) is 6.42. The van der Waals surface area contributed by atoms with Gasteiger partial charge in [-0.1, -0.05) is 35.3 Å². The fourth-order valence-electron chi connectivity index (χ4n) is 1.31. The minimum atomic E-state index is -0.159. The molecule has 16 heavy (non-hydrogen) atoms. The van der Waals surface area contributed by atoms with E-state index in [-0.39, 0.29) is 12.1 Å². The lowest BCUT2D eigenvalue weighted by Crippen LogP contribution is -2.32. The van der Waals surface area contributed by atoms with Gasteiger partial charge in [-0.15, -0.1) is 0 Å². The molecule has 0 saturated heterocycles. The summed E-state index contributed by atoms with van der Waals surface area (Å²) in [4.78, 5) is 0. The fourth-order valence-corrected chi connectivity index (χ4v) is 1.75. The Bertz CT molecular complexity index is 345. The van der Waals surface area contributed by atoms with E-state index < -0.39 is 0 Å². The lowest BCUT2D eigenvalue weighted by atomic mass is 10.1. The van der Waals surface area contributed by atoms with Crippen LogP contribution < -0.4 is 11.3 Å². The molecule has 1 unspecified atom stereocenters. The molecule has 90 valence electrons. The molecule has 0 aliphatic heterocycles. The summed E-state index contributed by atoms with van der Waals surface area (Å²) in [7, 11) is 0. The number of halogens is 2. The van der Waals surface area contributed by atoms with Gasteiger partial charge >= 0.3 is 0 Å². The van der Waals surface area contributed by atoms with Crippen LogP contribution in [0.15, 0.2) is 18.2 Å². The molecule has 0 aliphatic carbocycles. The van der Waals surface area contributed by atoms with Crippen molar-refractivity contribution >= 4 is 23.2 Å². The third kappa shape index (κ3) is 3.61. The van der Waals surface area contributed by atoms with Crippen LogP contribution in [0.5, 0.6) is 0 Å². The van der Waals surface area contributed by atoms with Gasteiger partial charge in [-0.2, -0.15) is 0 Å². The highest BCUT2D eigenvalue weighted by Crippen LogP contribution is 2.29. The first-order valence-corrected chi connectivity index (χ1v) is 5.83. The third-order valence-electron chi connectivity index (χ3n) is 2.15. The van der Waals surface area contributed by atoms with Gasteiger partial charge in [0.15, 0.2) is 0 Å². The standard InChI is InChI=1S/C11H16Cl2N2O/c1-7(2)16-6-10(15-14)8-4-3-5-9(12)11(8)13/h3-5,7,10,15H,6,14H2,1-2H3. The number of nitrogens with one attached hydrogen (secondary N) is 1. The molecule has 0 amide bonds. The Kier molecular flexibility index (Phi) is 5.52. The molecule has 3 N–H and O–H groups in total. The van der Waals surface area contributed by atoms with Crippen molar-refractivity contribution in [3.8, 4) is 0 Å². The van der Waals surface area contributed by atoms with E-state index in [0.717, 1.165) is 5.56 Å². The Morgan fingerprint density at radius 2 is 2.06 bits per heavy atom. The van der Waals surface area contributed by atoms with Crippen molar-refractivity contribution in [2.45, 2.75) is 26.0 Å². The lowest BCUT2D eigenvalue weighted by molar-refractivity contribution is 0.0611. The van der Waals surface area contributed by atoms with Gasteiger partial charge in [0.05, 0.1) is 28.8 Å². The highest BCUT2D eigenvalue weighted by molar-refractivity contribution is 6.42. The van der Waals surface area contributed by atoms with Crippen molar-refractivity contribution < 1.29 is 4.74 Å². The molecule has 1 aromatic rings. The molecule has 5 heteroatoms. The molecular formula is C11H16Cl2N2O. The minimum Gasteiger partial charge on any atom is -0.377 e. The molecule has 0 saturated carbocycles. The van der Waals surface area contributed by atoms with Crippen LogP contribution >= 0.6 is 23.2 Å². The van der Waals surface area contributed by atoms with Crippen LogP contribution in [-0.4, -0.2) is 12.7 Å². The van der Waals surface area contributed by atoms with Crippen molar-refractivity contribution in [3.63, 3.8) is 0 Å². The zero-order valence-electron chi connectivity index (χ0n) is 9.34. The van der Waals surface area contributed by atoms with E-state index in [1.54, 1.807) is 6.07 Å². The zero-order valence-corrected chi connectivity index (χ0v) is 10.8. The summed E-state index contributed by atoms with van der Waals surface area (Å²) in [5.74, 6) is 5.48. The molecule has 0 aliphatic rings. The summed E-state index contributed by atoms with van der Waals surface area (Å²) in [5, 5.41) is 1.03. The van der Waals surface area contributed by atoms with Crippen molar-refractivity contribution in [3.05, 3.63) is 33.8 Å². The number of nitrogens with two attached hydrogens (primary N) is 1. The number of hydrogen-bond donors (Lipinski definition) is 2. The Hall–Kier alpha value is -0.320. The van der Waals surface area contributed by atoms with Crippen LogP contribution in [0.1, 0.15) is 25.5 Å². The minimum absolute atomic E-state index is 0.147. The molecule has 0 aromatic heterocycles. The van der Waals surface area contributed by atoms with E-state index in [1.165, 1.54) is 0 Å². The second-order valence-corrected chi connectivity index (χ2v) is 4.53. The summed E-state index contributed by atoms with van der Waals surface area (Å²) in [6.07, 6.45) is 0.147. The summed E-state index contributed by atoms with van der Waals surface area (Å²) < 4.78 is 5.50. The molecule has 1 rings (SSSR count). The summed E-state index contributed by atoms with van der Waals surface area (Å²) in [6.45, 7) is 4.38. The average molecular weight is 263 g/mol. The fraction of sp³-hybridized carbons (Fsp3) is 0.455. The predicted octanol–water partition coefficient (Wildman–Crippen LogP) is 2.92. The molecule has 1 atom stereocenters. The molecule has 0 heterocycles. The summed E-state index contributed by atoms with van der Waals surface area (Å²) in [5.41, 5.74) is 3.52. The lowest BCUT2D eigenvalue weighted by Gasteiger charge is -2.19. The molecule has 0 bridgehead atoms. The van der Waals surface area contributed by atoms with Crippen LogP contribution in [0.2, 0.25) is 10.0 Å². The summed E-state index contributed by atoms with van der Waals surface area (Å²) in [6, 6.07) is 5.30. The van der Waals surface area contributed by atoms with Crippen LogP contribution in [0.3, 0.4) is 0 Å². The first-order valence-electron chi connectivity index (χ1n) is 5.08. The predicted molar refractivity (Wildman–Crippen MR) is 67.6 cm³/mol. The van der Waals surface area contributed by atoms with Gasteiger partial charge < -0.3 is 4.74 Å². The SMILES string of the molecule is CC(C)OCC(NN)c1cccc(Cl)c1Cl. The highest BCUT2D eigenvalue weighted by Gasteiger charge is 2.15. The van der Waals surface area contributed by atoms with Crippen molar-refractivity contribution in [2.75, 3.05) is 6.61 Å². The van der Waals surface area contributed by atoms with Crippen LogP contribution in [0, 0.1) is 0 Å². The zero-order chi connectivity index (χ0) is 12.1. The van der Waals surface area contributed by atoms with Gasteiger partial charge in [-0.3, -0.25) is 11.3 Å². The van der Waals surface area contributed by atoms with E-state index in [0.29, 0.717) is 16.7 Å². The second-order valence-electron chi connectivity index (χ2n) is 3.74. The van der Waals surface area contributed by atoms with E-state index in [9.17, 15) is 0 Å². The first kappa shape index (κ1) is 13.7. The molecule has 0 spiro atoms. The normalized spacial score (nSPS) is 13.1. The van der Waals surface area contributed by atoms with Crippen molar-refractivity contribution in [1.82, 2.24) is 5.43 Å². The number of rotatable bonds is 5. The first-order chi connectivity index (χ1) is 7.56.